The SMILES string of the molecule is CCc1ccccc1NC(=O)c1cc(S(=O)(=O)NC2CC2)c(Cl)cc1Cl. The van der Waals surface area contributed by atoms with Crippen LogP contribution in [0.5, 0.6) is 0 Å². The molecule has 1 saturated carbocycles. The molecule has 0 bridgehead atoms. The van der Waals surface area contributed by atoms with Gasteiger partial charge in [0.2, 0.25) is 10.0 Å². The van der Waals surface area contributed by atoms with E-state index in [1.54, 1.807) is 6.07 Å². The molecule has 0 unspecified atom stereocenters. The quantitative estimate of drug-likeness (QED) is 0.744. The summed E-state index contributed by atoms with van der Waals surface area (Å²) in [6.07, 6.45) is 2.34. The highest BCUT2D eigenvalue weighted by atomic mass is 35.5. The van der Waals surface area contributed by atoms with Crippen LogP contribution in [-0.2, 0) is 16.4 Å². The lowest BCUT2D eigenvalue weighted by atomic mass is 10.1. The molecule has 0 atom stereocenters. The summed E-state index contributed by atoms with van der Waals surface area (Å²) in [5.74, 6) is -0.490. The molecule has 1 fully saturated rings. The van der Waals surface area contributed by atoms with Crippen LogP contribution in [0.25, 0.3) is 0 Å². The van der Waals surface area contributed by atoms with Crippen molar-refractivity contribution >= 4 is 44.8 Å². The van der Waals surface area contributed by atoms with Crippen LogP contribution in [0.1, 0.15) is 35.7 Å². The summed E-state index contributed by atoms with van der Waals surface area (Å²) in [4.78, 5) is 12.5. The summed E-state index contributed by atoms with van der Waals surface area (Å²) in [7, 11) is -3.81. The molecule has 0 saturated heterocycles. The van der Waals surface area contributed by atoms with E-state index in [0.29, 0.717) is 5.69 Å². The van der Waals surface area contributed by atoms with Gasteiger partial charge in [-0.2, -0.15) is 0 Å². The number of aryl methyl sites for hydroxylation is 1. The zero-order valence-electron chi connectivity index (χ0n) is 14.1. The van der Waals surface area contributed by atoms with E-state index in [4.69, 9.17) is 23.2 Å². The minimum Gasteiger partial charge on any atom is -0.322 e. The van der Waals surface area contributed by atoms with Gasteiger partial charge < -0.3 is 5.32 Å². The molecule has 8 heteroatoms. The van der Waals surface area contributed by atoms with E-state index in [9.17, 15) is 13.2 Å². The number of sulfonamides is 1. The Labute approximate surface area is 162 Å². The van der Waals surface area contributed by atoms with Gasteiger partial charge in [0, 0.05) is 11.7 Å². The van der Waals surface area contributed by atoms with E-state index in [2.05, 4.69) is 10.0 Å². The third kappa shape index (κ3) is 4.20. The average molecular weight is 413 g/mol. The predicted molar refractivity (Wildman–Crippen MR) is 104 cm³/mol. The number of para-hydroxylation sites is 1. The molecule has 3 rings (SSSR count). The van der Waals surface area contributed by atoms with Crippen molar-refractivity contribution in [1.82, 2.24) is 4.72 Å². The predicted octanol–water partition coefficient (Wildman–Crippen LogP) is 4.25. The summed E-state index contributed by atoms with van der Waals surface area (Å²) in [6, 6.07) is 9.83. The van der Waals surface area contributed by atoms with Gasteiger partial charge in [0.15, 0.2) is 0 Å². The van der Waals surface area contributed by atoms with Gasteiger partial charge in [-0.3, -0.25) is 4.79 Å². The van der Waals surface area contributed by atoms with Crippen LogP contribution in [0.4, 0.5) is 5.69 Å². The standard InChI is InChI=1S/C18H18Cl2N2O3S/c1-2-11-5-3-4-6-16(11)21-18(23)13-9-17(15(20)10-14(13)19)26(24,25)22-12-7-8-12/h3-6,9-10,12,22H,2,7-8H2,1H3,(H,21,23). The van der Waals surface area contributed by atoms with Crippen molar-refractivity contribution in [3.05, 3.63) is 57.6 Å². The third-order valence-corrected chi connectivity index (χ3v) is 6.40. The second-order valence-electron chi connectivity index (χ2n) is 6.12. The molecule has 1 amide bonds. The number of hydrogen-bond donors (Lipinski definition) is 2. The number of hydrogen-bond acceptors (Lipinski definition) is 3. The van der Waals surface area contributed by atoms with E-state index >= 15 is 0 Å². The summed E-state index contributed by atoms with van der Waals surface area (Å²) in [6.45, 7) is 1.98. The molecule has 0 aromatic heterocycles. The van der Waals surface area contributed by atoms with Crippen molar-refractivity contribution in [3.63, 3.8) is 0 Å². The van der Waals surface area contributed by atoms with Gasteiger partial charge in [-0.25, -0.2) is 13.1 Å². The molecule has 138 valence electrons. The molecule has 1 aliphatic rings. The fraction of sp³-hybridized carbons (Fsp3) is 0.278. The summed E-state index contributed by atoms with van der Waals surface area (Å²) < 4.78 is 27.5. The summed E-state index contributed by atoms with van der Waals surface area (Å²) in [5, 5.41) is 2.86. The Morgan fingerprint density at radius 1 is 1.15 bits per heavy atom. The van der Waals surface area contributed by atoms with E-state index in [1.807, 2.05) is 25.1 Å². The van der Waals surface area contributed by atoms with Crippen LogP contribution in [-0.4, -0.2) is 20.4 Å². The van der Waals surface area contributed by atoms with Crippen LogP contribution >= 0.6 is 23.2 Å². The second kappa shape index (κ2) is 7.56. The van der Waals surface area contributed by atoms with Crippen molar-refractivity contribution in [3.8, 4) is 0 Å². The van der Waals surface area contributed by atoms with Crippen molar-refractivity contribution in [2.24, 2.45) is 0 Å². The van der Waals surface area contributed by atoms with Crippen LogP contribution < -0.4 is 10.0 Å². The lowest BCUT2D eigenvalue weighted by Gasteiger charge is -2.13. The molecule has 0 heterocycles. The van der Waals surface area contributed by atoms with E-state index in [-0.39, 0.29) is 26.5 Å². The molecule has 26 heavy (non-hydrogen) atoms. The number of benzene rings is 2. The lowest BCUT2D eigenvalue weighted by molar-refractivity contribution is 0.102. The minimum absolute atomic E-state index is 0.0198. The monoisotopic (exact) mass is 412 g/mol. The van der Waals surface area contributed by atoms with Crippen LogP contribution in [0, 0.1) is 0 Å². The molecule has 0 aliphatic heterocycles. The first-order valence-corrected chi connectivity index (χ1v) is 10.5. The number of halogens is 2. The Morgan fingerprint density at radius 2 is 1.85 bits per heavy atom. The zero-order valence-corrected chi connectivity index (χ0v) is 16.4. The Kier molecular flexibility index (Phi) is 5.58. The van der Waals surface area contributed by atoms with Gasteiger partial charge in [-0.05, 0) is 43.0 Å². The van der Waals surface area contributed by atoms with Crippen LogP contribution in [0.2, 0.25) is 10.0 Å². The maximum absolute atomic E-state index is 12.7. The topological polar surface area (TPSA) is 75.3 Å². The van der Waals surface area contributed by atoms with Crippen LogP contribution in [0.15, 0.2) is 41.3 Å². The van der Waals surface area contributed by atoms with E-state index in [0.717, 1.165) is 24.8 Å². The maximum Gasteiger partial charge on any atom is 0.257 e. The first-order valence-electron chi connectivity index (χ1n) is 8.22. The molecule has 0 radical (unpaired) electrons. The Bertz CT molecular complexity index is 957. The highest BCUT2D eigenvalue weighted by Gasteiger charge is 2.30. The number of carbonyl (C=O) groups is 1. The largest absolute Gasteiger partial charge is 0.322 e. The fourth-order valence-electron chi connectivity index (χ4n) is 2.53. The minimum atomic E-state index is -3.81. The first-order chi connectivity index (χ1) is 12.3. The number of amides is 1. The molecule has 1 aliphatic carbocycles. The van der Waals surface area contributed by atoms with Crippen molar-refractivity contribution in [2.75, 3.05) is 5.32 Å². The second-order valence-corrected chi connectivity index (χ2v) is 8.62. The number of nitrogens with one attached hydrogen (secondary N) is 2. The van der Waals surface area contributed by atoms with Crippen LogP contribution in [0.3, 0.4) is 0 Å². The van der Waals surface area contributed by atoms with Crippen molar-refractivity contribution in [1.29, 1.82) is 0 Å². The van der Waals surface area contributed by atoms with Gasteiger partial charge in [-0.1, -0.05) is 48.3 Å². The van der Waals surface area contributed by atoms with Gasteiger partial charge in [0.1, 0.15) is 4.90 Å². The Balaban J connectivity index is 1.94. The smallest absolute Gasteiger partial charge is 0.257 e. The average Bonchev–Trinajstić information content (AvgIpc) is 3.38. The van der Waals surface area contributed by atoms with Crippen molar-refractivity contribution in [2.45, 2.75) is 37.1 Å². The highest BCUT2D eigenvalue weighted by Crippen LogP contribution is 2.31. The van der Waals surface area contributed by atoms with E-state index < -0.39 is 15.9 Å². The molecule has 2 N–H and O–H groups in total. The Hall–Kier alpha value is -1.60. The molecular weight excluding hydrogens is 395 g/mol. The maximum atomic E-state index is 12.7. The molecule has 5 nitrogen and oxygen atoms in total. The van der Waals surface area contributed by atoms with Gasteiger partial charge in [-0.15, -0.1) is 0 Å². The molecular formula is C18H18Cl2N2O3S. The first kappa shape index (κ1) is 19.2. The zero-order chi connectivity index (χ0) is 18.9. The van der Waals surface area contributed by atoms with Gasteiger partial charge >= 0.3 is 0 Å². The number of anilines is 1. The normalized spacial score (nSPS) is 14.3. The van der Waals surface area contributed by atoms with Gasteiger partial charge in [0.25, 0.3) is 5.91 Å². The number of carbonyl (C=O) groups excluding carboxylic acids is 1. The highest BCUT2D eigenvalue weighted by molar-refractivity contribution is 7.89. The molecule has 0 spiro atoms. The third-order valence-electron chi connectivity index (χ3n) is 4.10. The number of rotatable bonds is 6. The summed E-state index contributed by atoms with van der Waals surface area (Å²) in [5.41, 5.74) is 1.68. The molecule has 2 aromatic carbocycles. The fourth-order valence-corrected chi connectivity index (χ4v) is 4.70. The van der Waals surface area contributed by atoms with E-state index in [1.165, 1.54) is 12.1 Å². The Morgan fingerprint density at radius 3 is 2.50 bits per heavy atom. The van der Waals surface area contributed by atoms with Crippen molar-refractivity contribution < 1.29 is 13.2 Å². The van der Waals surface area contributed by atoms with Gasteiger partial charge in [0.05, 0.1) is 15.6 Å². The molecule has 2 aromatic rings. The summed E-state index contributed by atoms with van der Waals surface area (Å²) >= 11 is 12.2. The lowest BCUT2D eigenvalue weighted by Crippen LogP contribution is -2.26.